The zero-order valence-corrected chi connectivity index (χ0v) is 15.8. The van der Waals surface area contributed by atoms with E-state index in [1.165, 1.54) is 21.9 Å². The summed E-state index contributed by atoms with van der Waals surface area (Å²) in [6.07, 6.45) is 1.05. The lowest BCUT2D eigenvalue weighted by atomic mass is 10.1. The molecule has 0 N–H and O–H groups in total. The summed E-state index contributed by atoms with van der Waals surface area (Å²) in [5, 5.41) is 12.2. The second kappa shape index (κ2) is 7.34. The van der Waals surface area contributed by atoms with Gasteiger partial charge in [-0.15, -0.1) is 10.2 Å². The van der Waals surface area contributed by atoms with E-state index in [1.54, 1.807) is 11.8 Å². The molecule has 1 aromatic heterocycles. The summed E-state index contributed by atoms with van der Waals surface area (Å²) in [6, 6.07) is 23.6. The maximum atomic E-state index is 4.41. The molecule has 0 unspecified atom stereocenters. The highest BCUT2D eigenvalue weighted by molar-refractivity contribution is 7.98. The quantitative estimate of drug-likeness (QED) is 0.436. The number of hydrogen-bond donors (Lipinski definition) is 0. The second-order valence-electron chi connectivity index (χ2n) is 6.31. The molecule has 1 heterocycles. The fourth-order valence-corrected chi connectivity index (χ4v) is 4.18. The van der Waals surface area contributed by atoms with Crippen LogP contribution in [-0.4, -0.2) is 14.8 Å². The summed E-state index contributed by atoms with van der Waals surface area (Å²) < 4.78 is 2.13. The molecule has 4 heteroatoms. The molecule has 3 nitrogen and oxygen atoms in total. The Labute approximate surface area is 158 Å². The minimum absolute atomic E-state index is 0.868. The molecular weight excluding hydrogens is 338 g/mol. The van der Waals surface area contributed by atoms with Crippen LogP contribution in [0.3, 0.4) is 0 Å². The Hall–Kier alpha value is -2.59. The van der Waals surface area contributed by atoms with Gasteiger partial charge in [-0.3, -0.25) is 4.57 Å². The van der Waals surface area contributed by atoms with E-state index in [0.29, 0.717) is 0 Å². The summed E-state index contributed by atoms with van der Waals surface area (Å²) in [6.45, 7) is 4.17. The van der Waals surface area contributed by atoms with Gasteiger partial charge in [-0.1, -0.05) is 73.3 Å². The van der Waals surface area contributed by atoms with E-state index < -0.39 is 0 Å². The standard InChI is InChI=1S/C22H21N3S/c1-3-17-11-13-20(14-12-17)25-16(2)23-24-22(25)26-15-19-9-6-8-18-7-4-5-10-21(18)19/h4-14H,3,15H2,1-2H3. The molecule has 4 aromatic rings. The molecule has 26 heavy (non-hydrogen) atoms. The average Bonchev–Trinajstić information content (AvgIpc) is 3.07. The highest BCUT2D eigenvalue weighted by Crippen LogP contribution is 2.28. The largest absolute Gasteiger partial charge is 0.274 e. The minimum Gasteiger partial charge on any atom is -0.274 e. The van der Waals surface area contributed by atoms with Gasteiger partial charge in [-0.05, 0) is 47.4 Å². The number of thioether (sulfide) groups is 1. The van der Waals surface area contributed by atoms with Gasteiger partial charge in [0, 0.05) is 11.4 Å². The van der Waals surface area contributed by atoms with Gasteiger partial charge in [0.1, 0.15) is 5.82 Å². The maximum absolute atomic E-state index is 4.41. The molecule has 0 radical (unpaired) electrons. The van der Waals surface area contributed by atoms with Crippen LogP contribution in [0, 0.1) is 6.92 Å². The molecule has 3 aromatic carbocycles. The smallest absolute Gasteiger partial charge is 0.196 e. The fraction of sp³-hybridized carbons (Fsp3) is 0.182. The van der Waals surface area contributed by atoms with Gasteiger partial charge in [0.2, 0.25) is 0 Å². The van der Waals surface area contributed by atoms with E-state index >= 15 is 0 Å². The molecule has 0 bridgehead atoms. The van der Waals surface area contributed by atoms with E-state index in [2.05, 4.69) is 88.4 Å². The number of fused-ring (bicyclic) bond motifs is 1. The lowest BCUT2D eigenvalue weighted by Gasteiger charge is -2.10. The number of rotatable bonds is 5. The van der Waals surface area contributed by atoms with Crippen LogP contribution in [0.2, 0.25) is 0 Å². The van der Waals surface area contributed by atoms with Crippen molar-refractivity contribution in [1.82, 2.24) is 14.8 Å². The summed E-state index contributed by atoms with van der Waals surface area (Å²) in [5.74, 6) is 1.78. The first-order valence-electron chi connectivity index (χ1n) is 8.87. The van der Waals surface area contributed by atoms with E-state index in [4.69, 9.17) is 0 Å². The average molecular weight is 359 g/mol. The molecule has 4 rings (SSSR count). The first kappa shape index (κ1) is 16.9. The summed E-state index contributed by atoms with van der Waals surface area (Å²) in [7, 11) is 0. The molecule has 130 valence electrons. The number of hydrogen-bond acceptors (Lipinski definition) is 3. The Morgan fingerprint density at radius 2 is 1.65 bits per heavy atom. The van der Waals surface area contributed by atoms with Gasteiger partial charge in [0.25, 0.3) is 0 Å². The molecule has 0 aliphatic carbocycles. The SMILES string of the molecule is CCc1ccc(-n2c(C)nnc2SCc2cccc3ccccc23)cc1. The van der Waals surface area contributed by atoms with Gasteiger partial charge in [0.15, 0.2) is 5.16 Å². The molecule has 0 amide bonds. The van der Waals surface area contributed by atoms with Crippen molar-refractivity contribution in [3.63, 3.8) is 0 Å². The van der Waals surface area contributed by atoms with Crippen molar-refractivity contribution in [2.75, 3.05) is 0 Å². The monoisotopic (exact) mass is 359 g/mol. The van der Waals surface area contributed by atoms with Gasteiger partial charge < -0.3 is 0 Å². The van der Waals surface area contributed by atoms with Crippen LogP contribution in [0.1, 0.15) is 23.9 Å². The molecule has 0 saturated heterocycles. The molecule has 0 spiro atoms. The first-order valence-corrected chi connectivity index (χ1v) is 9.85. The van der Waals surface area contributed by atoms with Crippen molar-refractivity contribution in [1.29, 1.82) is 0 Å². The zero-order valence-electron chi connectivity index (χ0n) is 15.0. The van der Waals surface area contributed by atoms with E-state index in [9.17, 15) is 0 Å². The number of nitrogens with zero attached hydrogens (tertiary/aromatic N) is 3. The van der Waals surface area contributed by atoms with Crippen molar-refractivity contribution in [3.05, 3.63) is 83.7 Å². The molecular formula is C22H21N3S. The van der Waals surface area contributed by atoms with Crippen LogP contribution in [-0.2, 0) is 12.2 Å². The zero-order chi connectivity index (χ0) is 17.9. The summed E-state index contributed by atoms with van der Waals surface area (Å²) in [5.41, 5.74) is 3.77. The van der Waals surface area contributed by atoms with Crippen molar-refractivity contribution in [3.8, 4) is 5.69 Å². The third-order valence-electron chi connectivity index (χ3n) is 4.63. The lowest BCUT2D eigenvalue weighted by molar-refractivity contribution is 0.867. The highest BCUT2D eigenvalue weighted by Gasteiger charge is 2.12. The Bertz CT molecular complexity index is 1030. The predicted molar refractivity (Wildman–Crippen MR) is 109 cm³/mol. The van der Waals surface area contributed by atoms with Crippen LogP contribution in [0.5, 0.6) is 0 Å². The number of aromatic nitrogens is 3. The van der Waals surface area contributed by atoms with Gasteiger partial charge in [-0.2, -0.15) is 0 Å². The van der Waals surface area contributed by atoms with Crippen molar-refractivity contribution in [2.45, 2.75) is 31.2 Å². The Balaban J connectivity index is 1.63. The van der Waals surface area contributed by atoms with Crippen LogP contribution >= 0.6 is 11.8 Å². The third-order valence-corrected chi connectivity index (χ3v) is 5.61. The van der Waals surface area contributed by atoms with Crippen LogP contribution in [0.25, 0.3) is 16.5 Å². The first-order chi connectivity index (χ1) is 12.8. The Morgan fingerprint density at radius 1 is 0.885 bits per heavy atom. The summed E-state index contributed by atoms with van der Waals surface area (Å²) >= 11 is 1.73. The van der Waals surface area contributed by atoms with Crippen LogP contribution in [0.15, 0.2) is 71.9 Å². The molecule has 0 aliphatic rings. The second-order valence-corrected chi connectivity index (χ2v) is 7.25. The van der Waals surface area contributed by atoms with E-state index in [0.717, 1.165) is 28.8 Å². The Kier molecular flexibility index (Phi) is 4.76. The van der Waals surface area contributed by atoms with E-state index in [-0.39, 0.29) is 0 Å². The summed E-state index contributed by atoms with van der Waals surface area (Å²) in [4.78, 5) is 0. The number of aryl methyl sites for hydroxylation is 2. The molecule has 0 atom stereocenters. The van der Waals surface area contributed by atoms with Crippen molar-refractivity contribution >= 4 is 22.5 Å². The Morgan fingerprint density at radius 3 is 2.46 bits per heavy atom. The van der Waals surface area contributed by atoms with Crippen LogP contribution < -0.4 is 0 Å². The normalized spacial score (nSPS) is 11.2. The fourth-order valence-electron chi connectivity index (χ4n) is 3.18. The highest BCUT2D eigenvalue weighted by atomic mass is 32.2. The minimum atomic E-state index is 0.868. The van der Waals surface area contributed by atoms with Gasteiger partial charge in [0.05, 0.1) is 0 Å². The predicted octanol–water partition coefficient (Wildman–Crippen LogP) is 5.58. The maximum Gasteiger partial charge on any atom is 0.196 e. The molecule has 0 fully saturated rings. The van der Waals surface area contributed by atoms with E-state index in [1.807, 2.05) is 6.92 Å². The van der Waals surface area contributed by atoms with Gasteiger partial charge >= 0.3 is 0 Å². The van der Waals surface area contributed by atoms with Crippen molar-refractivity contribution in [2.24, 2.45) is 0 Å². The molecule has 0 saturated carbocycles. The van der Waals surface area contributed by atoms with Crippen LogP contribution in [0.4, 0.5) is 0 Å². The molecule has 0 aliphatic heterocycles. The lowest BCUT2D eigenvalue weighted by Crippen LogP contribution is -1.99. The topological polar surface area (TPSA) is 30.7 Å². The van der Waals surface area contributed by atoms with Gasteiger partial charge in [-0.25, -0.2) is 0 Å². The van der Waals surface area contributed by atoms with Crippen molar-refractivity contribution < 1.29 is 0 Å². The third kappa shape index (κ3) is 3.25. The number of benzene rings is 3.